The molecule has 1 unspecified atom stereocenters. The van der Waals surface area contributed by atoms with Gasteiger partial charge >= 0.3 is 0 Å². The van der Waals surface area contributed by atoms with E-state index < -0.39 is 0 Å². The molecule has 0 fully saturated rings. The standard InChI is InChI=1S/C14H20N2/c1-4-12(2)10-16(3)11-14-7-5-6-13(8-14)9-15/h5-8,12H,4,10-11H2,1-3H3. The van der Waals surface area contributed by atoms with Crippen LogP contribution in [0.3, 0.4) is 0 Å². The minimum Gasteiger partial charge on any atom is -0.302 e. The fraction of sp³-hybridized carbons (Fsp3) is 0.500. The lowest BCUT2D eigenvalue weighted by Gasteiger charge is -2.20. The molecule has 0 amide bonds. The Bertz CT molecular complexity index is 365. The average molecular weight is 216 g/mol. The molecule has 0 heterocycles. The molecule has 0 saturated carbocycles. The molecule has 0 saturated heterocycles. The summed E-state index contributed by atoms with van der Waals surface area (Å²) in [5.41, 5.74) is 1.96. The van der Waals surface area contributed by atoms with Crippen LogP contribution in [0, 0.1) is 17.2 Å². The molecule has 0 N–H and O–H groups in total. The summed E-state index contributed by atoms with van der Waals surface area (Å²) < 4.78 is 0. The highest BCUT2D eigenvalue weighted by Crippen LogP contribution is 2.09. The van der Waals surface area contributed by atoms with E-state index in [2.05, 4.69) is 37.9 Å². The average Bonchev–Trinajstić information content (AvgIpc) is 2.28. The van der Waals surface area contributed by atoms with Gasteiger partial charge < -0.3 is 4.90 Å². The van der Waals surface area contributed by atoms with Crippen molar-refractivity contribution >= 4 is 0 Å². The Balaban J connectivity index is 2.56. The lowest BCUT2D eigenvalue weighted by Crippen LogP contribution is -2.23. The van der Waals surface area contributed by atoms with E-state index in [1.54, 1.807) is 0 Å². The Labute approximate surface area is 98.5 Å². The van der Waals surface area contributed by atoms with E-state index in [1.165, 1.54) is 12.0 Å². The molecule has 1 aromatic rings. The fourth-order valence-corrected chi connectivity index (χ4v) is 1.78. The predicted molar refractivity (Wildman–Crippen MR) is 66.9 cm³/mol. The van der Waals surface area contributed by atoms with Gasteiger partial charge in [-0.1, -0.05) is 32.4 Å². The molecule has 0 aliphatic rings. The SMILES string of the molecule is CCC(C)CN(C)Cc1cccc(C#N)c1. The third kappa shape index (κ3) is 4.04. The molecule has 86 valence electrons. The molecular formula is C14H20N2. The molecule has 0 aliphatic carbocycles. The third-order valence-electron chi connectivity index (χ3n) is 2.83. The highest BCUT2D eigenvalue weighted by atomic mass is 15.1. The van der Waals surface area contributed by atoms with Crippen molar-refractivity contribution in [3.63, 3.8) is 0 Å². The lowest BCUT2D eigenvalue weighted by molar-refractivity contribution is 0.275. The molecular weight excluding hydrogens is 196 g/mol. The van der Waals surface area contributed by atoms with Gasteiger partial charge in [0.05, 0.1) is 11.6 Å². The maximum Gasteiger partial charge on any atom is 0.0991 e. The largest absolute Gasteiger partial charge is 0.302 e. The van der Waals surface area contributed by atoms with E-state index in [-0.39, 0.29) is 0 Å². The molecule has 1 rings (SSSR count). The van der Waals surface area contributed by atoms with Crippen LogP contribution in [0.5, 0.6) is 0 Å². The highest BCUT2D eigenvalue weighted by molar-refractivity contribution is 5.32. The molecule has 0 aromatic heterocycles. The molecule has 2 nitrogen and oxygen atoms in total. The van der Waals surface area contributed by atoms with Crippen LogP contribution in [-0.2, 0) is 6.54 Å². The lowest BCUT2D eigenvalue weighted by atomic mass is 10.1. The molecule has 0 aliphatic heterocycles. The normalized spacial score (nSPS) is 12.4. The van der Waals surface area contributed by atoms with Gasteiger partial charge in [-0.3, -0.25) is 0 Å². The van der Waals surface area contributed by atoms with Gasteiger partial charge in [0.15, 0.2) is 0 Å². The van der Waals surface area contributed by atoms with Crippen LogP contribution in [0.4, 0.5) is 0 Å². The molecule has 2 heteroatoms. The first-order chi connectivity index (χ1) is 7.65. The quantitative estimate of drug-likeness (QED) is 0.756. The minimum atomic E-state index is 0.726. The van der Waals surface area contributed by atoms with Gasteiger partial charge in [-0.25, -0.2) is 0 Å². The van der Waals surface area contributed by atoms with Crippen molar-refractivity contribution in [3.8, 4) is 6.07 Å². The number of hydrogen-bond acceptors (Lipinski definition) is 2. The molecule has 16 heavy (non-hydrogen) atoms. The second kappa shape index (κ2) is 6.30. The first-order valence-electron chi connectivity index (χ1n) is 5.83. The van der Waals surface area contributed by atoms with Crippen molar-refractivity contribution in [3.05, 3.63) is 35.4 Å². The van der Waals surface area contributed by atoms with Crippen molar-refractivity contribution < 1.29 is 0 Å². The van der Waals surface area contributed by atoms with Crippen LogP contribution in [0.1, 0.15) is 31.4 Å². The summed E-state index contributed by atoms with van der Waals surface area (Å²) in [6.45, 7) is 6.50. The van der Waals surface area contributed by atoms with Crippen LogP contribution in [0.25, 0.3) is 0 Å². The molecule has 0 bridgehead atoms. The van der Waals surface area contributed by atoms with Crippen LogP contribution in [0.2, 0.25) is 0 Å². The Kier molecular flexibility index (Phi) is 5.01. The first kappa shape index (κ1) is 12.7. The van der Waals surface area contributed by atoms with Gasteiger partial charge in [0.25, 0.3) is 0 Å². The van der Waals surface area contributed by atoms with Crippen LogP contribution >= 0.6 is 0 Å². The summed E-state index contributed by atoms with van der Waals surface area (Å²) in [7, 11) is 2.13. The van der Waals surface area contributed by atoms with E-state index in [1.807, 2.05) is 18.2 Å². The van der Waals surface area contributed by atoms with E-state index in [4.69, 9.17) is 5.26 Å². The van der Waals surface area contributed by atoms with Crippen LogP contribution < -0.4 is 0 Å². The maximum absolute atomic E-state index is 8.82. The van der Waals surface area contributed by atoms with Crippen molar-refractivity contribution in [2.75, 3.05) is 13.6 Å². The van der Waals surface area contributed by atoms with Crippen molar-refractivity contribution in [1.82, 2.24) is 4.90 Å². The zero-order valence-electron chi connectivity index (χ0n) is 10.4. The number of nitrogens with zero attached hydrogens (tertiary/aromatic N) is 2. The molecule has 1 atom stereocenters. The van der Waals surface area contributed by atoms with E-state index in [0.29, 0.717) is 0 Å². The summed E-state index contributed by atoms with van der Waals surface area (Å²) in [6, 6.07) is 10.0. The monoisotopic (exact) mass is 216 g/mol. The van der Waals surface area contributed by atoms with Gasteiger partial charge in [-0.15, -0.1) is 0 Å². The van der Waals surface area contributed by atoms with Gasteiger partial charge in [0.1, 0.15) is 0 Å². The Hall–Kier alpha value is -1.33. The second-order valence-corrected chi connectivity index (χ2v) is 4.52. The highest BCUT2D eigenvalue weighted by Gasteiger charge is 2.05. The molecule has 0 radical (unpaired) electrons. The summed E-state index contributed by atoms with van der Waals surface area (Å²) in [4.78, 5) is 2.31. The Morgan fingerprint density at radius 1 is 1.44 bits per heavy atom. The number of nitriles is 1. The van der Waals surface area contributed by atoms with E-state index in [0.717, 1.165) is 24.6 Å². The van der Waals surface area contributed by atoms with Gasteiger partial charge in [0, 0.05) is 13.1 Å². The van der Waals surface area contributed by atoms with Crippen molar-refractivity contribution in [1.29, 1.82) is 5.26 Å². The number of rotatable bonds is 5. The zero-order chi connectivity index (χ0) is 12.0. The van der Waals surface area contributed by atoms with Gasteiger partial charge in [-0.2, -0.15) is 5.26 Å². The Morgan fingerprint density at radius 3 is 2.81 bits per heavy atom. The van der Waals surface area contributed by atoms with E-state index >= 15 is 0 Å². The Morgan fingerprint density at radius 2 is 2.19 bits per heavy atom. The fourth-order valence-electron chi connectivity index (χ4n) is 1.78. The van der Waals surface area contributed by atoms with Crippen molar-refractivity contribution in [2.24, 2.45) is 5.92 Å². The maximum atomic E-state index is 8.82. The smallest absolute Gasteiger partial charge is 0.0991 e. The summed E-state index contributed by atoms with van der Waals surface area (Å²) in [5.74, 6) is 0.726. The third-order valence-corrected chi connectivity index (χ3v) is 2.83. The van der Waals surface area contributed by atoms with Crippen LogP contribution in [-0.4, -0.2) is 18.5 Å². The molecule has 1 aromatic carbocycles. The number of hydrogen-bond donors (Lipinski definition) is 0. The first-order valence-corrected chi connectivity index (χ1v) is 5.83. The number of benzene rings is 1. The van der Waals surface area contributed by atoms with E-state index in [9.17, 15) is 0 Å². The zero-order valence-corrected chi connectivity index (χ0v) is 10.4. The predicted octanol–water partition coefficient (Wildman–Crippen LogP) is 3.04. The topological polar surface area (TPSA) is 27.0 Å². The summed E-state index contributed by atoms with van der Waals surface area (Å²) in [6.07, 6.45) is 1.21. The molecule has 0 spiro atoms. The van der Waals surface area contributed by atoms with Crippen LogP contribution in [0.15, 0.2) is 24.3 Å². The van der Waals surface area contributed by atoms with Crippen molar-refractivity contribution in [2.45, 2.75) is 26.8 Å². The summed E-state index contributed by atoms with van der Waals surface area (Å²) in [5, 5.41) is 8.82. The van der Waals surface area contributed by atoms with Gasteiger partial charge in [-0.05, 0) is 30.7 Å². The second-order valence-electron chi connectivity index (χ2n) is 4.52. The van der Waals surface area contributed by atoms with Gasteiger partial charge in [0.2, 0.25) is 0 Å². The minimum absolute atomic E-state index is 0.726. The summed E-state index contributed by atoms with van der Waals surface area (Å²) >= 11 is 0.